The molecule has 1 aromatic rings. The van der Waals surface area contributed by atoms with Crippen LogP contribution in [0.2, 0.25) is 5.02 Å². The summed E-state index contributed by atoms with van der Waals surface area (Å²) < 4.78 is 0. The minimum absolute atomic E-state index is 0.0269. The van der Waals surface area contributed by atoms with Gasteiger partial charge >= 0.3 is 0 Å². The average Bonchev–Trinajstić information content (AvgIpc) is 2.32. The van der Waals surface area contributed by atoms with Gasteiger partial charge in [0.05, 0.1) is 10.7 Å². The molecule has 1 aliphatic rings. The van der Waals surface area contributed by atoms with Crippen LogP contribution < -0.4 is 10.6 Å². The SMILES string of the molecule is N=C(N)c1ccc(N(CCCO)C2CCC2)c(Cl)c1. The van der Waals surface area contributed by atoms with E-state index in [1.165, 1.54) is 19.3 Å². The number of benzene rings is 1. The number of amidine groups is 1. The van der Waals surface area contributed by atoms with Crippen LogP contribution in [-0.2, 0) is 0 Å². The molecule has 0 aromatic heterocycles. The smallest absolute Gasteiger partial charge is 0.122 e. The molecule has 0 unspecified atom stereocenters. The molecule has 4 nitrogen and oxygen atoms in total. The topological polar surface area (TPSA) is 73.3 Å². The van der Waals surface area contributed by atoms with E-state index in [0.717, 1.165) is 18.7 Å². The summed E-state index contributed by atoms with van der Waals surface area (Å²) in [4.78, 5) is 2.27. The van der Waals surface area contributed by atoms with Gasteiger partial charge in [-0.2, -0.15) is 0 Å². The van der Waals surface area contributed by atoms with Crippen LogP contribution in [0.15, 0.2) is 18.2 Å². The van der Waals surface area contributed by atoms with Gasteiger partial charge in [0, 0.05) is 24.8 Å². The highest BCUT2D eigenvalue weighted by molar-refractivity contribution is 6.33. The number of aliphatic hydroxyl groups is 1. The van der Waals surface area contributed by atoms with Crippen molar-refractivity contribution < 1.29 is 5.11 Å². The monoisotopic (exact) mass is 281 g/mol. The zero-order valence-electron chi connectivity index (χ0n) is 10.9. The van der Waals surface area contributed by atoms with Crippen LogP contribution in [0.5, 0.6) is 0 Å². The van der Waals surface area contributed by atoms with Crippen LogP contribution in [-0.4, -0.2) is 30.1 Å². The summed E-state index contributed by atoms with van der Waals surface area (Å²) in [5, 5.41) is 17.1. The van der Waals surface area contributed by atoms with Crippen LogP contribution in [0.1, 0.15) is 31.2 Å². The molecular formula is C14H20ClN3O. The molecule has 0 bridgehead atoms. The molecule has 0 atom stereocenters. The van der Waals surface area contributed by atoms with E-state index in [4.69, 9.17) is 27.9 Å². The van der Waals surface area contributed by atoms with E-state index in [-0.39, 0.29) is 12.4 Å². The predicted molar refractivity (Wildman–Crippen MR) is 79.2 cm³/mol. The van der Waals surface area contributed by atoms with Crippen molar-refractivity contribution in [1.29, 1.82) is 5.41 Å². The summed E-state index contributed by atoms with van der Waals surface area (Å²) >= 11 is 6.32. The molecule has 0 aliphatic heterocycles. The molecule has 1 fully saturated rings. The second kappa shape index (κ2) is 6.26. The highest BCUT2D eigenvalue weighted by Crippen LogP contribution is 2.34. The standard InChI is InChI=1S/C14H20ClN3O/c15-12-9-10(14(16)17)5-6-13(12)18(7-2-8-19)11-3-1-4-11/h5-6,9,11,19H,1-4,7-8H2,(H3,16,17). The molecule has 0 radical (unpaired) electrons. The van der Waals surface area contributed by atoms with Crippen molar-refractivity contribution in [2.45, 2.75) is 31.7 Å². The molecule has 4 N–H and O–H groups in total. The summed E-state index contributed by atoms with van der Waals surface area (Å²) in [6.07, 6.45) is 4.34. The quantitative estimate of drug-likeness (QED) is 0.554. The van der Waals surface area contributed by atoms with Crippen molar-refractivity contribution in [2.24, 2.45) is 5.73 Å². The van der Waals surface area contributed by atoms with Gasteiger partial charge in [-0.15, -0.1) is 0 Å². The second-order valence-electron chi connectivity index (χ2n) is 4.94. The van der Waals surface area contributed by atoms with Crippen molar-refractivity contribution in [1.82, 2.24) is 0 Å². The van der Waals surface area contributed by atoms with Crippen molar-refractivity contribution >= 4 is 23.1 Å². The van der Waals surface area contributed by atoms with E-state index in [1.54, 1.807) is 6.07 Å². The summed E-state index contributed by atoms with van der Waals surface area (Å²) in [6.45, 7) is 0.993. The first-order valence-electron chi connectivity index (χ1n) is 6.65. The Morgan fingerprint density at radius 2 is 2.21 bits per heavy atom. The van der Waals surface area contributed by atoms with Gasteiger partial charge in [0.25, 0.3) is 0 Å². The number of hydrogen-bond acceptors (Lipinski definition) is 3. The lowest BCUT2D eigenvalue weighted by Crippen LogP contribution is -2.41. The van der Waals surface area contributed by atoms with Crippen molar-refractivity contribution in [3.63, 3.8) is 0 Å². The van der Waals surface area contributed by atoms with Crippen LogP contribution in [0.4, 0.5) is 5.69 Å². The van der Waals surface area contributed by atoms with Gasteiger partial charge in [-0.05, 0) is 43.9 Å². The Hall–Kier alpha value is -1.26. The van der Waals surface area contributed by atoms with E-state index in [1.807, 2.05) is 12.1 Å². The average molecular weight is 282 g/mol. The zero-order chi connectivity index (χ0) is 13.8. The maximum Gasteiger partial charge on any atom is 0.122 e. The first-order valence-corrected chi connectivity index (χ1v) is 7.02. The van der Waals surface area contributed by atoms with Crippen LogP contribution in [0.25, 0.3) is 0 Å². The molecule has 5 heteroatoms. The number of aliphatic hydroxyl groups excluding tert-OH is 1. The Morgan fingerprint density at radius 1 is 1.47 bits per heavy atom. The molecule has 0 spiro atoms. The fraction of sp³-hybridized carbons (Fsp3) is 0.500. The number of nitrogens with two attached hydrogens (primary N) is 1. The third-order valence-corrected chi connectivity index (χ3v) is 3.94. The van der Waals surface area contributed by atoms with Crippen LogP contribution in [0.3, 0.4) is 0 Å². The van der Waals surface area contributed by atoms with Crippen LogP contribution >= 0.6 is 11.6 Å². The summed E-state index contributed by atoms with van der Waals surface area (Å²) in [7, 11) is 0. The third kappa shape index (κ3) is 3.19. The van der Waals surface area contributed by atoms with Crippen molar-refractivity contribution in [3.8, 4) is 0 Å². The number of halogens is 1. The summed E-state index contributed by atoms with van der Waals surface area (Å²) in [6, 6.07) is 6.01. The minimum atomic E-state index is 0.0269. The maximum absolute atomic E-state index is 9.02. The van der Waals surface area contributed by atoms with Crippen molar-refractivity contribution in [3.05, 3.63) is 28.8 Å². The van der Waals surface area contributed by atoms with E-state index in [0.29, 0.717) is 16.6 Å². The first-order chi connectivity index (χ1) is 9.13. The Morgan fingerprint density at radius 3 is 2.68 bits per heavy atom. The second-order valence-corrected chi connectivity index (χ2v) is 5.34. The predicted octanol–water partition coefficient (Wildman–Crippen LogP) is 2.37. The molecule has 104 valence electrons. The lowest BCUT2D eigenvalue weighted by Gasteiger charge is -2.39. The fourth-order valence-corrected chi connectivity index (χ4v) is 2.64. The van der Waals surface area contributed by atoms with Gasteiger partial charge in [0.2, 0.25) is 0 Å². The van der Waals surface area contributed by atoms with E-state index < -0.39 is 0 Å². The minimum Gasteiger partial charge on any atom is -0.396 e. The van der Waals surface area contributed by atoms with Gasteiger partial charge in [0.1, 0.15) is 5.84 Å². The number of hydrogen-bond donors (Lipinski definition) is 3. The number of anilines is 1. The molecule has 1 saturated carbocycles. The lowest BCUT2D eigenvalue weighted by molar-refractivity contribution is 0.283. The number of nitrogens with zero attached hydrogens (tertiary/aromatic N) is 1. The Bertz CT molecular complexity index is 460. The Labute approximate surface area is 118 Å². The molecule has 1 aromatic carbocycles. The lowest BCUT2D eigenvalue weighted by atomic mass is 9.90. The molecular weight excluding hydrogens is 262 g/mol. The van der Waals surface area contributed by atoms with Gasteiger partial charge in [-0.3, -0.25) is 5.41 Å². The Kier molecular flexibility index (Phi) is 4.66. The van der Waals surface area contributed by atoms with Crippen molar-refractivity contribution in [2.75, 3.05) is 18.1 Å². The van der Waals surface area contributed by atoms with E-state index >= 15 is 0 Å². The normalized spacial score (nSPS) is 15.1. The van der Waals surface area contributed by atoms with Gasteiger partial charge in [-0.1, -0.05) is 11.6 Å². The fourth-order valence-electron chi connectivity index (χ4n) is 2.35. The van der Waals surface area contributed by atoms with Gasteiger partial charge in [-0.25, -0.2) is 0 Å². The summed E-state index contributed by atoms with van der Waals surface area (Å²) in [5.41, 5.74) is 7.08. The van der Waals surface area contributed by atoms with Gasteiger partial charge < -0.3 is 15.7 Å². The molecule has 0 saturated heterocycles. The first kappa shape index (κ1) is 14.2. The highest BCUT2D eigenvalue weighted by atomic mass is 35.5. The molecule has 1 aliphatic carbocycles. The molecule has 0 amide bonds. The van der Waals surface area contributed by atoms with E-state index in [9.17, 15) is 0 Å². The maximum atomic E-state index is 9.02. The number of nitrogens with one attached hydrogen (secondary N) is 1. The molecule has 19 heavy (non-hydrogen) atoms. The molecule has 0 heterocycles. The number of rotatable bonds is 6. The zero-order valence-corrected chi connectivity index (χ0v) is 11.7. The number of nitrogen functional groups attached to an aromatic ring is 1. The third-order valence-electron chi connectivity index (χ3n) is 3.64. The van der Waals surface area contributed by atoms with Crippen LogP contribution in [0, 0.1) is 5.41 Å². The largest absolute Gasteiger partial charge is 0.396 e. The highest BCUT2D eigenvalue weighted by Gasteiger charge is 2.26. The van der Waals surface area contributed by atoms with Gasteiger partial charge in [0.15, 0.2) is 0 Å². The Balaban J connectivity index is 2.22. The summed E-state index contributed by atoms with van der Waals surface area (Å²) in [5.74, 6) is 0.0269. The molecule has 2 rings (SSSR count). The van der Waals surface area contributed by atoms with E-state index in [2.05, 4.69) is 4.90 Å².